The van der Waals surface area contributed by atoms with Crippen molar-refractivity contribution in [1.29, 1.82) is 5.26 Å². The third-order valence-corrected chi connectivity index (χ3v) is 10.3. The van der Waals surface area contributed by atoms with Gasteiger partial charge in [0, 0.05) is 33.2 Å². The van der Waals surface area contributed by atoms with Gasteiger partial charge in [-0.3, -0.25) is 14.1 Å². The smallest absolute Gasteiger partial charge is 0.410 e. The quantitative estimate of drug-likeness (QED) is 0.347. The van der Waals surface area contributed by atoms with E-state index in [9.17, 15) is 27.7 Å². The number of carbonyl (C=O) groups is 1. The summed E-state index contributed by atoms with van der Waals surface area (Å²) in [6, 6.07) is 8.49. The highest BCUT2D eigenvalue weighted by Gasteiger charge is 2.46. The van der Waals surface area contributed by atoms with E-state index >= 15 is 0 Å². The van der Waals surface area contributed by atoms with Gasteiger partial charge >= 0.3 is 16.3 Å². The Morgan fingerprint density at radius 1 is 1.22 bits per heavy atom. The topological polar surface area (TPSA) is 147 Å². The van der Waals surface area contributed by atoms with Crippen LogP contribution in [0.3, 0.4) is 0 Å². The third-order valence-electron chi connectivity index (χ3n) is 8.71. The van der Waals surface area contributed by atoms with Gasteiger partial charge in [0.05, 0.1) is 22.9 Å². The molecule has 1 aliphatic heterocycles. The van der Waals surface area contributed by atoms with Crippen LogP contribution >= 0.6 is 0 Å². The van der Waals surface area contributed by atoms with E-state index in [0.717, 1.165) is 42.1 Å². The molecule has 1 aliphatic carbocycles. The highest BCUT2D eigenvalue weighted by Crippen LogP contribution is 2.53. The van der Waals surface area contributed by atoms with Crippen LogP contribution < -0.4 is 15.0 Å². The fraction of sp³-hybridized carbons (Fsp3) is 0.500. The number of anilines is 1. The predicted octanol–water partition coefficient (Wildman–Crippen LogP) is 5.24. The van der Waals surface area contributed by atoms with Crippen LogP contribution in [-0.2, 0) is 21.5 Å². The molecule has 5 rings (SSSR count). The first-order valence-corrected chi connectivity index (χ1v) is 16.7. The number of benzene rings is 2. The van der Waals surface area contributed by atoms with Crippen molar-refractivity contribution < 1.29 is 27.1 Å². The molecule has 246 valence electrons. The fourth-order valence-corrected chi connectivity index (χ4v) is 7.10. The number of hydrogen-bond donors (Lipinski definition) is 1. The molecule has 14 heteroatoms. The molecule has 46 heavy (non-hydrogen) atoms. The van der Waals surface area contributed by atoms with Gasteiger partial charge in [-0.15, -0.1) is 0 Å². The minimum absolute atomic E-state index is 0.0876. The van der Waals surface area contributed by atoms with Crippen molar-refractivity contribution in [1.82, 2.24) is 18.8 Å². The maximum absolute atomic E-state index is 14.9. The molecular formula is C32H39FN6O6S. The van der Waals surface area contributed by atoms with Crippen LogP contribution in [0.25, 0.3) is 10.9 Å². The minimum atomic E-state index is -3.99. The van der Waals surface area contributed by atoms with Gasteiger partial charge in [0.25, 0.3) is 5.56 Å². The van der Waals surface area contributed by atoms with Crippen LogP contribution in [-0.4, -0.2) is 65.6 Å². The maximum Gasteiger partial charge on any atom is 0.410 e. The molecule has 1 aromatic heterocycles. The number of nitriles is 1. The van der Waals surface area contributed by atoms with E-state index in [-0.39, 0.29) is 51.9 Å². The Kier molecular flexibility index (Phi) is 9.03. The standard InChI is InChI=1S/C32H39FN6O6S/c1-6-37(5)46(42,43)36-27-10-8-25(33)28(24(27)18-34)44-22-7-9-26-23(15-22)29(40)39(20-35-26)19-21-16-32(17-21)11-13-38(14-12-32)30(41)45-31(2,3)4/h7-10,15,20-21,36H,6,11-14,16-17,19H2,1-5H3. The molecule has 1 amide bonds. The van der Waals surface area contributed by atoms with Gasteiger partial charge in [0.1, 0.15) is 23.0 Å². The summed E-state index contributed by atoms with van der Waals surface area (Å²) in [5, 5.41) is 10.1. The van der Waals surface area contributed by atoms with Crippen LogP contribution in [0.5, 0.6) is 11.5 Å². The molecule has 12 nitrogen and oxygen atoms in total. The van der Waals surface area contributed by atoms with E-state index < -0.39 is 27.4 Å². The molecule has 2 aliphatic rings. The highest BCUT2D eigenvalue weighted by atomic mass is 32.2. The van der Waals surface area contributed by atoms with Crippen molar-refractivity contribution in [3.8, 4) is 17.6 Å². The van der Waals surface area contributed by atoms with Gasteiger partial charge in [-0.25, -0.2) is 14.2 Å². The molecule has 0 atom stereocenters. The summed E-state index contributed by atoms with van der Waals surface area (Å²) in [7, 11) is -2.62. The summed E-state index contributed by atoms with van der Waals surface area (Å²) >= 11 is 0. The van der Waals surface area contributed by atoms with E-state index in [1.807, 2.05) is 26.8 Å². The first kappa shape index (κ1) is 33.2. The van der Waals surface area contributed by atoms with Gasteiger partial charge in [-0.05, 0) is 88.1 Å². The largest absolute Gasteiger partial charge is 0.453 e. The Morgan fingerprint density at radius 2 is 1.91 bits per heavy atom. The second-order valence-electron chi connectivity index (χ2n) is 13.2. The Labute approximate surface area is 267 Å². The Balaban J connectivity index is 1.29. The van der Waals surface area contributed by atoms with E-state index in [2.05, 4.69) is 9.71 Å². The second-order valence-corrected chi connectivity index (χ2v) is 14.9. The summed E-state index contributed by atoms with van der Waals surface area (Å²) in [6.07, 6.45) is 4.94. The van der Waals surface area contributed by atoms with Gasteiger partial charge < -0.3 is 14.4 Å². The fourth-order valence-electron chi connectivity index (χ4n) is 6.16. The van der Waals surface area contributed by atoms with Gasteiger partial charge in [0.15, 0.2) is 11.6 Å². The lowest BCUT2D eigenvalue weighted by Gasteiger charge is -2.52. The molecule has 2 aromatic carbocycles. The first-order chi connectivity index (χ1) is 21.6. The monoisotopic (exact) mass is 654 g/mol. The number of carbonyl (C=O) groups excluding carboxylic acids is 1. The number of fused-ring (bicyclic) bond motifs is 1. The number of aromatic nitrogens is 2. The maximum atomic E-state index is 14.9. The van der Waals surface area contributed by atoms with Crippen molar-refractivity contribution in [3.05, 3.63) is 58.4 Å². The van der Waals surface area contributed by atoms with E-state index in [1.54, 1.807) is 22.5 Å². The number of nitrogens with zero attached hydrogens (tertiary/aromatic N) is 5. The number of likely N-dealkylation sites (tertiary alicyclic amines) is 1. The molecule has 1 saturated heterocycles. The number of nitrogens with one attached hydrogen (secondary N) is 1. The zero-order valence-electron chi connectivity index (χ0n) is 26.7. The average molecular weight is 655 g/mol. The van der Waals surface area contributed by atoms with E-state index in [1.165, 1.54) is 25.5 Å². The first-order valence-electron chi connectivity index (χ1n) is 15.3. The molecule has 0 bridgehead atoms. The van der Waals surface area contributed by atoms with Crippen LogP contribution in [0.4, 0.5) is 14.9 Å². The lowest BCUT2D eigenvalue weighted by atomic mass is 9.57. The molecule has 1 spiro atoms. The number of piperidine rings is 1. The SMILES string of the molecule is CCN(C)S(=O)(=O)Nc1ccc(F)c(Oc2ccc3ncn(CC4CC5(CCN(C(=O)OC(C)(C)C)CC5)C4)c(=O)c3c2)c1C#N. The number of ether oxygens (including phenoxy) is 2. The second kappa shape index (κ2) is 12.5. The molecule has 1 N–H and O–H groups in total. The zero-order valence-corrected chi connectivity index (χ0v) is 27.5. The Morgan fingerprint density at radius 3 is 2.54 bits per heavy atom. The zero-order chi connectivity index (χ0) is 33.4. The van der Waals surface area contributed by atoms with Gasteiger partial charge in [0.2, 0.25) is 0 Å². The molecule has 0 unspecified atom stereocenters. The van der Waals surface area contributed by atoms with E-state index in [0.29, 0.717) is 25.2 Å². The predicted molar refractivity (Wildman–Crippen MR) is 170 cm³/mol. The van der Waals surface area contributed by atoms with Crippen molar-refractivity contribution in [2.45, 2.75) is 65.5 Å². The van der Waals surface area contributed by atoms with Crippen molar-refractivity contribution >= 4 is 32.9 Å². The Hall–Kier alpha value is -4.22. The van der Waals surface area contributed by atoms with Crippen molar-refractivity contribution in [3.63, 3.8) is 0 Å². The normalized spacial score (nSPS) is 16.7. The van der Waals surface area contributed by atoms with E-state index in [4.69, 9.17) is 9.47 Å². The third kappa shape index (κ3) is 6.95. The van der Waals surface area contributed by atoms with Crippen LogP contribution in [0.1, 0.15) is 58.9 Å². The summed E-state index contributed by atoms with van der Waals surface area (Å²) < 4.78 is 56.2. The summed E-state index contributed by atoms with van der Waals surface area (Å²) in [4.78, 5) is 32.2. The van der Waals surface area contributed by atoms with Crippen molar-refractivity contribution in [2.75, 3.05) is 31.4 Å². The lowest BCUT2D eigenvalue weighted by Crippen LogP contribution is -2.50. The highest BCUT2D eigenvalue weighted by molar-refractivity contribution is 7.90. The summed E-state index contributed by atoms with van der Waals surface area (Å²) in [5.41, 5.74) is -0.698. The van der Waals surface area contributed by atoms with Crippen molar-refractivity contribution in [2.24, 2.45) is 11.3 Å². The minimum Gasteiger partial charge on any atom is -0.453 e. The van der Waals surface area contributed by atoms with Gasteiger partial charge in [-0.2, -0.15) is 18.0 Å². The summed E-state index contributed by atoms with van der Waals surface area (Å²) in [6.45, 7) is 9.20. The lowest BCUT2D eigenvalue weighted by molar-refractivity contribution is -0.0313. The number of amides is 1. The number of hydrogen-bond acceptors (Lipinski definition) is 8. The van der Waals surface area contributed by atoms with Crippen LogP contribution in [0.2, 0.25) is 0 Å². The van der Waals surface area contributed by atoms with Crippen LogP contribution in [0, 0.1) is 28.5 Å². The molecule has 1 saturated carbocycles. The summed E-state index contributed by atoms with van der Waals surface area (Å²) in [5.74, 6) is -0.967. The Bertz CT molecular complexity index is 1850. The average Bonchev–Trinajstić information content (AvgIpc) is 2.98. The molecule has 2 heterocycles. The number of halogens is 1. The molecule has 2 fully saturated rings. The number of rotatable bonds is 8. The van der Waals surface area contributed by atoms with Crippen LogP contribution in [0.15, 0.2) is 41.5 Å². The molecular weight excluding hydrogens is 615 g/mol. The molecule has 3 aromatic rings. The molecule has 0 radical (unpaired) electrons. The van der Waals surface area contributed by atoms with Gasteiger partial charge in [-0.1, -0.05) is 6.92 Å².